The highest BCUT2D eigenvalue weighted by Crippen LogP contribution is 2.58. The lowest BCUT2D eigenvalue weighted by atomic mass is 9.67. The number of hydrogen-bond acceptors (Lipinski definition) is 0. The molecular weight excluding hydrogens is 1200 g/mol. The van der Waals surface area contributed by atoms with Gasteiger partial charge in [-0.25, -0.2) is 0 Å². The maximum absolute atomic E-state index is 2.52. The Bertz CT molecular complexity index is 6150. The number of nitrogens with zero attached hydrogens (tertiary/aromatic N) is 1. The van der Waals surface area contributed by atoms with Crippen molar-refractivity contribution in [3.8, 4) is 94.7 Å². The first-order valence-electron chi connectivity index (χ1n) is 34.8. The molecular formula is C99H63N. The van der Waals surface area contributed by atoms with Gasteiger partial charge in [-0.2, -0.15) is 0 Å². The number of fused-ring (bicyclic) bond motifs is 13. The lowest BCUT2D eigenvalue weighted by Crippen LogP contribution is -2.28. The molecule has 0 fully saturated rings. The Balaban J connectivity index is 0.704. The van der Waals surface area contributed by atoms with Crippen LogP contribution in [0.25, 0.3) is 170 Å². The molecule has 0 saturated heterocycles. The Morgan fingerprint density at radius 2 is 0.520 bits per heavy atom. The van der Waals surface area contributed by atoms with Crippen molar-refractivity contribution in [1.82, 2.24) is 4.57 Å². The summed E-state index contributed by atoms with van der Waals surface area (Å²) in [5.41, 5.74) is 27.1. The van der Waals surface area contributed by atoms with Crippen molar-refractivity contribution in [2.45, 2.75) is 5.41 Å². The molecule has 20 rings (SSSR count). The number of hydrogen-bond donors (Lipinski definition) is 0. The minimum absolute atomic E-state index is 0.635. The SMILES string of the molecule is c1ccc(C2(c3ccccc3)c3cc(-c4cccc5ccccc45)ccc3-c3ccc(-n4c5ccc(-c6ccc(-c7ccc(-c8cc9ccccc9c9ccccc89)cc7)cc6)cc5c5cc(-c6ccc(-c7ccc(-c8cc9ccccc9c9ccccc89)cc7)cc6)ccc54)cc32)cc1. The maximum Gasteiger partial charge on any atom is 0.0714 e. The molecule has 0 saturated carbocycles. The maximum atomic E-state index is 2.52. The van der Waals surface area contributed by atoms with Gasteiger partial charge in [0.2, 0.25) is 0 Å². The van der Waals surface area contributed by atoms with E-state index >= 15 is 0 Å². The summed E-state index contributed by atoms with van der Waals surface area (Å²) in [7, 11) is 0. The molecule has 1 nitrogen and oxygen atoms in total. The Hall–Kier alpha value is -12.9. The summed E-state index contributed by atoms with van der Waals surface area (Å²) in [6.07, 6.45) is 0. The summed E-state index contributed by atoms with van der Waals surface area (Å²) < 4.78 is 2.52. The van der Waals surface area contributed by atoms with Crippen LogP contribution >= 0.6 is 0 Å². The van der Waals surface area contributed by atoms with Gasteiger partial charge in [0.15, 0.2) is 0 Å². The van der Waals surface area contributed by atoms with Crippen LogP contribution in [0.4, 0.5) is 0 Å². The predicted octanol–water partition coefficient (Wildman–Crippen LogP) is 26.6. The molecule has 0 atom stereocenters. The van der Waals surface area contributed by atoms with E-state index in [1.165, 1.54) is 176 Å². The smallest absolute Gasteiger partial charge is 0.0714 e. The zero-order valence-electron chi connectivity index (χ0n) is 54.8. The van der Waals surface area contributed by atoms with Gasteiger partial charge < -0.3 is 4.57 Å². The van der Waals surface area contributed by atoms with Crippen LogP contribution in [0.3, 0.4) is 0 Å². The van der Waals surface area contributed by atoms with Gasteiger partial charge in [0.05, 0.1) is 16.4 Å². The normalized spacial score (nSPS) is 12.5. The first-order chi connectivity index (χ1) is 49.6. The van der Waals surface area contributed by atoms with Crippen LogP contribution in [-0.2, 0) is 5.41 Å². The van der Waals surface area contributed by atoms with Crippen molar-refractivity contribution in [1.29, 1.82) is 0 Å². The Morgan fingerprint density at radius 3 is 1.00 bits per heavy atom. The third-order valence-electron chi connectivity index (χ3n) is 21.7. The molecule has 464 valence electrons. The van der Waals surface area contributed by atoms with Crippen molar-refractivity contribution in [3.05, 3.63) is 404 Å². The van der Waals surface area contributed by atoms with Gasteiger partial charge in [0.25, 0.3) is 0 Å². The van der Waals surface area contributed by atoms with Crippen molar-refractivity contribution >= 4 is 75.7 Å². The second-order valence-corrected chi connectivity index (χ2v) is 27.0. The van der Waals surface area contributed by atoms with Crippen LogP contribution in [-0.4, -0.2) is 4.57 Å². The molecule has 1 aliphatic rings. The molecule has 18 aromatic carbocycles. The number of aromatic nitrogens is 1. The zero-order chi connectivity index (χ0) is 65.8. The molecule has 1 aromatic heterocycles. The molecule has 0 aliphatic heterocycles. The molecule has 0 bridgehead atoms. The van der Waals surface area contributed by atoms with Crippen LogP contribution in [0.5, 0.6) is 0 Å². The lowest BCUT2D eigenvalue weighted by Gasteiger charge is -2.34. The topological polar surface area (TPSA) is 4.93 Å². The highest BCUT2D eigenvalue weighted by atomic mass is 15.0. The third-order valence-corrected chi connectivity index (χ3v) is 21.7. The van der Waals surface area contributed by atoms with Crippen LogP contribution in [0.15, 0.2) is 382 Å². The second-order valence-electron chi connectivity index (χ2n) is 27.0. The van der Waals surface area contributed by atoms with Gasteiger partial charge in [-0.3, -0.25) is 0 Å². The van der Waals surface area contributed by atoms with E-state index in [4.69, 9.17) is 0 Å². The monoisotopic (exact) mass is 1270 g/mol. The van der Waals surface area contributed by atoms with E-state index in [0.29, 0.717) is 0 Å². The summed E-state index contributed by atoms with van der Waals surface area (Å²) in [6.45, 7) is 0. The fourth-order valence-corrected chi connectivity index (χ4v) is 16.9. The second kappa shape index (κ2) is 23.1. The molecule has 100 heavy (non-hydrogen) atoms. The Labute approximate surface area is 581 Å². The van der Waals surface area contributed by atoms with E-state index in [1.807, 2.05) is 0 Å². The van der Waals surface area contributed by atoms with Crippen molar-refractivity contribution in [2.24, 2.45) is 0 Å². The van der Waals surface area contributed by atoms with Gasteiger partial charge in [-0.15, -0.1) is 0 Å². The fourth-order valence-electron chi connectivity index (χ4n) is 16.9. The zero-order valence-corrected chi connectivity index (χ0v) is 54.8. The molecule has 0 N–H and O–H groups in total. The molecule has 0 unspecified atom stereocenters. The van der Waals surface area contributed by atoms with E-state index < -0.39 is 5.41 Å². The average molecular weight is 1270 g/mol. The van der Waals surface area contributed by atoms with Gasteiger partial charge in [-0.05, 0) is 220 Å². The van der Waals surface area contributed by atoms with Gasteiger partial charge in [0, 0.05) is 16.5 Å². The molecule has 0 radical (unpaired) electrons. The van der Waals surface area contributed by atoms with E-state index in [0.717, 1.165) is 16.7 Å². The summed E-state index contributed by atoms with van der Waals surface area (Å²) in [6, 6.07) is 143. The molecule has 1 aliphatic carbocycles. The minimum Gasteiger partial charge on any atom is -0.309 e. The highest BCUT2D eigenvalue weighted by molar-refractivity contribution is 6.16. The van der Waals surface area contributed by atoms with E-state index in [2.05, 4.69) is 387 Å². The van der Waals surface area contributed by atoms with Crippen molar-refractivity contribution in [2.75, 3.05) is 0 Å². The Kier molecular flexibility index (Phi) is 13.3. The first-order valence-corrected chi connectivity index (χ1v) is 34.8. The molecule has 1 heterocycles. The highest BCUT2D eigenvalue weighted by Gasteiger charge is 2.46. The summed E-state index contributed by atoms with van der Waals surface area (Å²) >= 11 is 0. The molecule has 0 amide bonds. The summed E-state index contributed by atoms with van der Waals surface area (Å²) in [4.78, 5) is 0. The molecule has 1 heteroatoms. The van der Waals surface area contributed by atoms with Crippen molar-refractivity contribution < 1.29 is 0 Å². The lowest BCUT2D eigenvalue weighted by molar-refractivity contribution is 0.768. The van der Waals surface area contributed by atoms with Gasteiger partial charge in [0.1, 0.15) is 0 Å². The summed E-state index contributed by atoms with van der Waals surface area (Å²) in [5, 5.41) is 15.1. The first kappa shape index (κ1) is 57.3. The molecule has 0 spiro atoms. The summed E-state index contributed by atoms with van der Waals surface area (Å²) in [5.74, 6) is 0. The molecule has 19 aromatic rings. The van der Waals surface area contributed by atoms with Gasteiger partial charge in [-0.1, -0.05) is 328 Å². The van der Waals surface area contributed by atoms with Gasteiger partial charge >= 0.3 is 0 Å². The predicted molar refractivity (Wildman–Crippen MR) is 424 cm³/mol. The standard InChI is InChI=1S/C99H63N/c1-3-22-78(23-4-1)99(79-24-5-2-6-25-79)95-62-77(82-33-17-21-70-18-7-10-26-81(70)82)50-54-89(95)90-55-53-80(63-96(90)99)100-97-56-51-73(68-38-34-64(35-39-68)66-42-46-71(47-43-66)91-60-75-19-8-11-27-83(75)85-29-13-15-31-87(85)91)58-93(97)94-59-74(52-57-98(94)100)69-40-36-65(37-41-69)67-44-48-72(49-45-67)92-61-76-20-9-12-28-84(76)86-30-14-16-32-88(86)92/h1-63H. The van der Waals surface area contributed by atoms with Crippen LogP contribution in [0.2, 0.25) is 0 Å². The number of rotatable bonds is 10. The van der Waals surface area contributed by atoms with E-state index in [1.54, 1.807) is 0 Å². The largest absolute Gasteiger partial charge is 0.309 e. The Morgan fingerprint density at radius 1 is 0.170 bits per heavy atom. The fraction of sp³-hybridized carbons (Fsp3) is 0.0101. The number of benzene rings is 18. The van der Waals surface area contributed by atoms with Crippen molar-refractivity contribution in [3.63, 3.8) is 0 Å². The van der Waals surface area contributed by atoms with Crippen LogP contribution in [0, 0.1) is 0 Å². The van der Waals surface area contributed by atoms with E-state index in [-0.39, 0.29) is 0 Å². The quantitative estimate of drug-likeness (QED) is 0.120. The average Bonchev–Trinajstić information content (AvgIpc) is 1.51. The third kappa shape index (κ3) is 9.17. The van der Waals surface area contributed by atoms with E-state index in [9.17, 15) is 0 Å². The van der Waals surface area contributed by atoms with Crippen LogP contribution in [0.1, 0.15) is 22.3 Å². The minimum atomic E-state index is -0.635. The van der Waals surface area contributed by atoms with Crippen LogP contribution < -0.4 is 0 Å².